The summed E-state index contributed by atoms with van der Waals surface area (Å²) in [5, 5.41) is 0. The maximum atomic E-state index is 13.4. The highest BCUT2D eigenvalue weighted by atomic mass is 19.1. The second kappa shape index (κ2) is 9.61. The second-order valence-electron chi connectivity index (χ2n) is 8.18. The fourth-order valence-corrected chi connectivity index (χ4v) is 4.48. The van der Waals surface area contributed by atoms with Gasteiger partial charge in [0.05, 0.1) is 18.1 Å². The molecule has 5 heteroatoms. The van der Waals surface area contributed by atoms with Crippen LogP contribution in [0, 0.1) is 17.6 Å². The molecular weight excluding hydrogens is 408 g/mol. The molecule has 1 heterocycles. The lowest BCUT2D eigenvalue weighted by atomic mass is 9.78. The van der Waals surface area contributed by atoms with E-state index in [9.17, 15) is 13.6 Å². The van der Waals surface area contributed by atoms with Crippen LogP contribution < -0.4 is 4.90 Å². The Balaban J connectivity index is 1.57. The van der Waals surface area contributed by atoms with Crippen LogP contribution in [0.2, 0.25) is 0 Å². The van der Waals surface area contributed by atoms with E-state index in [0.717, 1.165) is 17.5 Å². The third kappa shape index (κ3) is 4.44. The molecule has 1 saturated heterocycles. The van der Waals surface area contributed by atoms with Crippen molar-refractivity contribution < 1.29 is 18.3 Å². The minimum absolute atomic E-state index is 0.0233. The summed E-state index contributed by atoms with van der Waals surface area (Å²) in [5.74, 6) is -0.798. The Kier molecular flexibility index (Phi) is 6.66. The first-order valence-electron chi connectivity index (χ1n) is 11.0. The molecule has 3 aromatic carbocycles. The summed E-state index contributed by atoms with van der Waals surface area (Å²) in [4.78, 5) is 14.9. The number of hydrogen-bond donors (Lipinski definition) is 0. The largest absolute Gasteiger partial charge is 0.377 e. The van der Waals surface area contributed by atoms with Crippen molar-refractivity contribution in [2.75, 3.05) is 12.0 Å². The fourth-order valence-electron chi connectivity index (χ4n) is 4.48. The van der Waals surface area contributed by atoms with Crippen LogP contribution in [0.15, 0.2) is 72.8 Å². The van der Waals surface area contributed by atoms with Crippen molar-refractivity contribution in [3.63, 3.8) is 0 Å². The topological polar surface area (TPSA) is 29.5 Å². The number of carbonyl (C=O) groups excluding carboxylic acids is 1. The number of β-lactam (4-membered cyclic amide) rings is 1. The number of methoxy groups -OCH3 is 1. The van der Waals surface area contributed by atoms with Crippen LogP contribution in [0.3, 0.4) is 0 Å². The molecule has 0 aliphatic carbocycles. The zero-order valence-electron chi connectivity index (χ0n) is 18.3. The SMILES string of the molecule is CCc1ccc([C@@H]2[C@@H](CC[C@H](OC)c3ccc(F)cc3)C(=O)N2c2ccc(F)cc2)cc1. The van der Waals surface area contributed by atoms with E-state index in [1.165, 1.54) is 29.8 Å². The summed E-state index contributed by atoms with van der Waals surface area (Å²) in [6.07, 6.45) is 2.00. The van der Waals surface area contributed by atoms with Crippen molar-refractivity contribution in [3.05, 3.63) is 101 Å². The minimum Gasteiger partial charge on any atom is -0.377 e. The number of amides is 1. The maximum Gasteiger partial charge on any atom is 0.233 e. The molecule has 1 aliphatic rings. The highest BCUT2D eigenvalue weighted by Gasteiger charge is 2.48. The van der Waals surface area contributed by atoms with Crippen molar-refractivity contribution >= 4 is 11.6 Å². The number of hydrogen-bond acceptors (Lipinski definition) is 2. The third-order valence-corrected chi connectivity index (χ3v) is 6.31. The lowest BCUT2D eigenvalue weighted by Gasteiger charge is -2.48. The Labute approximate surface area is 187 Å². The van der Waals surface area contributed by atoms with Gasteiger partial charge in [-0.05, 0) is 72.4 Å². The molecule has 3 nitrogen and oxygen atoms in total. The van der Waals surface area contributed by atoms with Crippen LogP contribution in [0.1, 0.15) is 48.6 Å². The number of ether oxygens (including phenoxy) is 1. The Hall–Kier alpha value is -3.05. The zero-order chi connectivity index (χ0) is 22.7. The van der Waals surface area contributed by atoms with Crippen LogP contribution in [0.25, 0.3) is 0 Å². The van der Waals surface area contributed by atoms with E-state index in [0.29, 0.717) is 18.5 Å². The number of benzene rings is 3. The Morgan fingerprint density at radius 2 is 1.50 bits per heavy atom. The van der Waals surface area contributed by atoms with E-state index in [2.05, 4.69) is 31.2 Å². The van der Waals surface area contributed by atoms with E-state index in [1.54, 1.807) is 36.3 Å². The van der Waals surface area contributed by atoms with Gasteiger partial charge in [0.25, 0.3) is 0 Å². The average molecular weight is 436 g/mol. The second-order valence-corrected chi connectivity index (χ2v) is 8.18. The fraction of sp³-hybridized carbons (Fsp3) is 0.296. The number of nitrogens with zero attached hydrogens (tertiary/aromatic N) is 1. The normalized spacial score (nSPS) is 19.0. The Morgan fingerprint density at radius 3 is 2.06 bits per heavy atom. The van der Waals surface area contributed by atoms with Crippen LogP contribution in [-0.4, -0.2) is 13.0 Å². The van der Waals surface area contributed by atoms with Gasteiger partial charge in [0.1, 0.15) is 11.6 Å². The van der Waals surface area contributed by atoms with E-state index in [1.807, 2.05) is 0 Å². The van der Waals surface area contributed by atoms with E-state index < -0.39 is 0 Å². The molecule has 3 atom stereocenters. The van der Waals surface area contributed by atoms with Crippen LogP contribution in [0.4, 0.5) is 14.5 Å². The minimum atomic E-state index is -0.329. The average Bonchev–Trinajstić information content (AvgIpc) is 2.82. The molecule has 0 unspecified atom stereocenters. The number of carbonyl (C=O) groups is 1. The summed E-state index contributed by atoms with van der Waals surface area (Å²) >= 11 is 0. The van der Waals surface area contributed by atoms with Gasteiger partial charge in [0.15, 0.2) is 0 Å². The van der Waals surface area contributed by atoms with Gasteiger partial charge in [-0.1, -0.05) is 43.3 Å². The van der Waals surface area contributed by atoms with E-state index in [4.69, 9.17) is 4.74 Å². The predicted octanol–water partition coefficient (Wildman–Crippen LogP) is 6.40. The van der Waals surface area contributed by atoms with Gasteiger partial charge in [-0.15, -0.1) is 0 Å². The van der Waals surface area contributed by atoms with Gasteiger partial charge in [-0.2, -0.15) is 0 Å². The molecule has 0 saturated carbocycles. The summed E-state index contributed by atoms with van der Waals surface area (Å²) in [5.41, 5.74) is 3.88. The molecule has 1 aliphatic heterocycles. The highest BCUT2D eigenvalue weighted by molar-refractivity contribution is 6.03. The molecule has 32 heavy (non-hydrogen) atoms. The molecule has 0 N–H and O–H groups in total. The molecule has 1 fully saturated rings. The standard InChI is InChI=1S/C27H27F2NO2/c1-3-18-4-6-20(7-5-18)26-24(27(31)30(26)23-14-12-22(29)13-15-23)16-17-25(32-2)19-8-10-21(28)11-9-19/h4-15,24-26H,3,16-17H2,1-2H3/t24-,25+,26-/m1/s1. The van der Waals surface area contributed by atoms with Crippen molar-refractivity contribution in [2.45, 2.75) is 38.3 Å². The zero-order valence-corrected chi connectivity index (χ0v) is 18.3. The van der Waals surface area contributed by atoms with Gasteiger partial charge in [0, 0.05) is 12.8 Å². The number of halogens is 2. The monoisotopic (exact) mass is 435 g/mol. The van der Waals surface area contributed by atoms with Crippen molar-refractivity contribution in [1.29, 1.82) is 0 Å². The predicted molar refractivity (Wildman–Crippen MR) is 121 cm³/mol. The third-order valence-electron chi connectivity index (χ3n) is 6.31. The van der Waals surface area contributed by atoms with Crippen molar-refractivity contribution in [1.82, 2.24) is 0 Å². The summed E-state index contributed by atoms with van der Waals surface area (Å²) in [6, 6.07) is 20.5. The molecule has 166 valence electrons. The van der Waals surface area contributed by atoms with Gasteiger partial charge in [0.2, 0.25) is 5.91 Å². The molecule has 1 amide bonds. The number of rotatable bonds is 8. The number of anilines is 1. The van der Waals surface area contributed by atoms with Crippen molar-refractivity contribution in [2.24, 2.45) is 5.92 Å². The Morgan fingerprint density at radius 1 is 0.906 bits per heavy atom. The molecule has 0 bridgehead atoms. The quantitative estimate of drug-likeness (QED) is 0.383. The molecule has 3 aromatic rings. The van der Waals surface area contributed by atoms with Crippen LogP contribution in [-0.2, 0) is 16.0 Å². The lowest BCUT2D eigenvalue weighted by molar-refractivity contribution is -0.131. The first kappa shape index (κ1) is 22.2. The van der Waals surface area contributed by atoms with Crippen LogP contribution >= 0.6 is 0 Å². The summed E-state index contributed by atoms with van der Waals surface area (Å²) < 4.78 is 32.4. The number of aryl methyl sites for hydroxylation is 1. The van der Waals surface area contributed by atoms with Crippen LogP contribution in [0.5, 0.6) is 0 Å². The van der Waals surface area contributed by atoms with Gasteiger partial charge in [-0.25, -0.2) is 8.78 Å². The summed E-state index contributed by atoms with van der Waals surface area (Å²) in [6.45, 7) is 2.11. The van der Waals surface area contributed by atoms with Gasteiger partial charge >= 0.3 is 0 Å². The molecule has 4 rings (SSSR count). The molecule has 0 radical (unpaired) electrons. The van der Waals surface area contributed by atoms with Gasteiger partial charge < -0.3 is 9.64 Å². The first-order chi connectivity index (χ1) is 15.5. The lowest BCUT2D eigenvalue weighted by Crippen LogP contribution is -2.55. The highest BCUT2D eigenvalue weighted by Crippen LogP contribution is 2.46. The molecule has 0 aromatic heterocycles. The smallest absolute Gasteiger partial charge is 0.233 e. The van der Waals surface area contributed by atoms with E-state index in [-0.39, 0.29) is 35.6 Å². The van der Waals surface area contributed by atoms with Crippen molar-refractivity contribution in [3.8, 4) is 0 Å². The molecular formula is C27H27F2NO2. The van der Waals surface area contributed by atoms with Gasteiger partial charge in [-0.3, -0.25) is 4.79 Å². The first-order valence-corrected chi connectivity index (χ1v) is 11.0. The summed E-state index contributed by atoms with van der Waals surface area (Å²) in [7, 11) is 1.63. The van der Waals surface area contributed by atoms with E-state index >= 15 is 0 Å². The molecule has 0 spiro atoms. The Bertz CT molecular complexity index is 1050. The maximum absolute atomic E-state index is 13.4.